The van der Waals surface area contributed by atoms with Gasteiger partial charge < -0.3 is 5.32 Å². The molecule has 1 N–H and O–H groups in total. The quantitative estimate of drug-likeness (QED) is 0.661. The number of nitrogens with zero attached hydrogens (tertiary/aromatic N) is 1. The third kappa shape index (κ3) is 3.49. The zero-order chi connectivity index (χ0) is 18.0. The molecule has 1 amide bonds. The first-order valence-electron chi connectivity index (χ1n) is 7.13. The number of aromatic nitrogens is 1. The molecule has 2 aromatic carbocycles. The van der Waals surface area contributed by atoms with Crippen molar-refractivity contribution in [1.82, 2.24) is 4.98 Å². The first-order valence-corrected chi connectivity index (χ1v) is 7.51. The van der Waals surface area contributed by atoms with Crippen LogP contribution in [-0.2, 0) is 0 Å². The Bertz CT molecular complexity index is 946. The van der Waals surface area contributed by atoms with Crippen molar-refractivity contribution in [2.45, 2.75) is 0 Å². The molecule has 3 nitrogen and oxygen atoms in total. The normalized spacial score (nSPS) is 10.6. The molecule has 0 aliphatic heterocycles. The van der Waals surface area contributed by atoms with Gasteiger partial charge in [0.2, 0.25) is 0 Å². The van der Waals surface area contributed by atoms with Gasteiger partial charge in [-0.1, -0.05) is 29.8 Å². The van der Waals surface area contributed by atoms with E-state index in [0.717, 1.165) is 12.1 Å². The number of halogens is 4. The van der Waals surface area contributed by atoms with Crippen molar-refractivity contribution in [2.75, 3.05) is 5.32 Å². The maximum atomic E-state index is 13.6. The van der Waals surface area contributed by atoms with E-state index in [1.165, 1.54) is 12.3 Å². The van der Waals surface area contributed by atoms with Crippen LogP contribution in [0.25, 0.3) is 11.3 Å². The minimum Gasteiger partial charge on any atom is -0.319 e. The van der Waals surface area contributed by atoms with Crippen LogP contribution in [0.4, 0.5) is 18.9 Å². The lowest BCUT2D eigenvalue weighted by molar-refractivity contribution is 0.102. The molecule has 1 heterocycles. The summed E-state index contributed by atoms with van der Waals surface area (Å²) in [5, 5.41) is 2.69. The van der Waals surface area contributed by atoms with Crippen LogP contribution in [0.15, 0.2) is 54.7 Å². The first-order chi connectivity index (χ1) is 12.0. The SMILES string of the molecule is O=C(Nc1ccc(F)c(F)c1F)c1ccc(-c2ccccc2Cl)nc1. The molecule has 3 rings (SSSR count). The average molecular weight is 363 g/mol. The van der Waals surface area contributed by atoms with Crippen molar-refractivity contribution in [1.29, 1.82) is 0 Å². The van der Waals surface area contributed by atoms with Crippen LogP contribution in [0.1, 0.15) is 10.4 Å². The molecular formula is C18H10ClF3N2O. The van der Waals surface area contributed by atoms with E-state index in [4.69, 9.17) is 11.6 Å². The van der Waals surface area contributed by atoms with Gasteiger partial charge in [-0.2, -0.15) is 0 Å². The van der Waals surface area contributed by atoms with Crippen molar-refractivity contribution in [3.63, 3.8) is 0 Å². The summed E-state index contributed by atoms with van der Waals surface area (Å²) in [4.78, 5) is 16.3. The van der Waals surface area contributed by atoms with Crippen molar-refractivity contribution in [3.05, 3.63) is 82.8 Å². The Morgan fingerprint density at radius 1 is 0.960 bits per heavy atom. The molecule has 7 heteroatoms. The second kappa shape index (κ2) is 6.94. The fraction of sp³-hybridized carbons (Fsp3) is 0. The van der Waals surface area contributed by atoms with Gasteiger partial charge in [-0.05, 0) is 30.3 Å². The fourth-order valence-corrected chi connectivity index (χ4v) is 2.41. The Hall–Kier alpha value is -2.86. The van der Waals surface area contributed by atoms with E-state index in [2.05, 4.69) is 10.3 Å². The molecule has 0 fully saturated rings. The summed E-state index contributed by atoms with van der Waals surface area (Å²) in [6.45, 7) is 0. The average Bonchev–Trinajstić information content (AvgIpc) is 2.63. The van der Waals surface area contributed by atoms with Gasteiger partial charge in [-0.15, -0.1) is 0 Å². The minimum absolute atomic E-state index is 0.125. The topological polar surface area (TPSA) is 42.0 Å². The van der Waals surface area contributed by atoms with E-state index in [1.54, 1.807) is 30.3 Å². The molecule has 126 valence electrons. The number of pyridine rings is 1. The lowest BCUT2D eigenvalue weighted by Gasteiger charge is -2.08. The molecule has 3 aromatic rings. The fourth-order valence-electron chi connectivity index (χ4n) is 2.17. The highest BCUT2D eigenvalue weighted by Gasteiger charge is 2.16. The van der Waals surface area contributed by atoms with E-state index >= 15 is 0 Å². The van der Waals surface area contributed by atoms with E-state index in [9.17, 15) is 18.0 Å². The number of carbonyl (C=O) groups excluding carboxylic acids is 1. The van der Waals surface area contributed by atoms with Crippen LogP contribution in [0.3, 0.4) is 0 Å². The standard InChI is InChI=1S/C18H10ClF3N2O/c19-12-4-2-1-3-11(12)14-7-5-10(9-23-14)18(25)24-15-8-6-13(20)16(21)17(15)22/h1-9H,(H,24,25). The number of nitrogens with one attached hydrogen (secondary N) is 1. The predicted octanol–water partition coefficient (Wildman–Crippen LogP) is 5.07. The zero-order valence-corrected chi connectivity index (χ0v) is 13.3. The molecule has 0 bridgehead atoms. The number of anilines is 1. The number of hydrogen-bond donors (Lipinski definition) is 1. The van der Waals surface area contributed by atoms with E-state index in [-0.39, 0.29) is 5.56 Å². The van der Waals surface area contributed by atoms with Crippen molar-refractivity contribution >= 4 is 23.2 Å². The van der Waals surface area contributed by atoms with Crippen LogP contribution >= 0.6 is 11.6 Å². The van der Waals surface area contributed by atoms with E-state index < -0.39 is 29.0 Å². The molecule has 0 saturated carbocycles. The summed E-state index contributed by atoms with van der Waals surface area (Å²) in [7, 11) is 0. The lowest BCUT2D eigenvalue weighted by atomic mass is 10.1. The van der Waals surface area contributed by atoms with Crippen LogP contribution in [0.5, 0.6) is 0 Å². The molecular weight excluding hydrogens is 353 g/mol. The number of amides is 1. The van der Waals surface area contributed by atoms with Gasteiger partial charge in [-0.25, -0.2) is 13.2 Å². The first kappa shape index (κ1) is 17.0. The van der Waals surface area contributed by atoms with Gasteiger partial charge >= 0.3 is 0 Å². The van der Waals surface area contributed by atoms with Crippen LogP contribution in [0.2, 0.25) is 5.02 Å². The van der Waals surface area contributed by atoms with Gasteiger partial charge in [0.25, 0.3) is 5.91 Å². The van der Waals surface area contributed by atoms with Gasteiger partial charge in [0.15, 0.2) is 17.5 Å². The van der Waals surface area contributed by atoms with Crippen molar-refractivity contribution < 1.29 is 18.0 Å². The number of benzene rings is 2. The summed E-state index contributed by atoms with van der Waals surface area (Å²) < 4.78 is 39.7. The zero-order valence-electron chi connectivity index (χ0n) is 12.6. The Balaban J connectivity index is 1.82. The van der Waals surface area contributed by atoms with Gasteiger partial charge in [0, 0.05) is 16.8 Å². The summed E-state index contributed by atoms with van der Waals surface area (Å²) in [6, 6.07) is 11.8. The minimum atomic E-state index is -1.65. The molecule has 1 aromatic heterocycles. The highest BCUT2D eigenvalue weighted by atomic mass is 35.5. The van der Waals surface area contributed by atoms with Gasteiger partial charge in [-0.3, -0.25) is 9.78 Å². The Labute approximate surface area is 146 Å². The summed E-state index contributed by atoms with van der Waals surface area (Å²) in [5.41, 5.74) is 0.919. The second-order valence-electron chi connectivity index (χ2n) is 5.09. The number of rotatable bonds is 3. The molecule has 0 saturated heterocycles. The lowest BCUT2D eigenvalue weighted by Crippen LogP contribution is -2.14. The maximum absolute atomic E-state index is 13.6. The van der Waals surface area contributed by atoms with Gasteiger partial charge in [0.1, 0.15) is 0 Å². The third-order valence-electron chi connectivity index (χ3n) is 3.46. The molecule has 0 atom stereocenters. The third-order valence-corrected chi connectivity index (χ3v) is 3.79. The Kier molecular flexibility index (Phi) is 4.72. The molecule has 0 unspecified atom stereocenters. The number of hydrogen-bond acceptors (Lipinski definition) is 2. The number of carbonyl (C=O) groups is 1. The summed E-state index contributed by atoms with van der Waals surface area (Å²) in [6.07, 6.45) is 1.28. The Morgan fingerprint density at radius 2 is 1.72 bits per heavy atom. The highest BCUT2D eigenvalue weighted by Crippen LogP contribution is 2.26. The Morgan fingerprint density at radius 3 is 2.40 bits per heavy atom. The molecule has 0 aliphatic carbocycles. The van der Waals surface area contributed by atoms with E-state index in [1.807, 2.05) is 0 Å². The highest BCUT2D eigenvalue weighted by molar-refractivity contribution is 6.33. The monoisotopic (exact) mass is 362 g/mol. The van der Waals surface area contributed by atoms with Crippen LogP contribution in [0, 0.1) is 17.5 Å². The summed E-state index contributed by atoms with van der Waals surface area (Å²) in [5.74, 6) is -5.15. The summed E-state index contributed by atoms with van der Waals surface area (Å²) >= 11 is 6.09. The van der Waals surface area contributed by atoms with Crippen LogP contribution < -0.4 is 5.32 Å². The molecule has 25 heavy (non-hydrogen) atoms. The predicted molar refractivity (Wildman–Crippen MR) is 89.0 cm³/mol. The second-order valence-corrected chi connectivity index (χ2v) is 5.50. The van der Waals surface area contributed by atoms with Crippen molar-refractivity contribution in [2.24, 2.45) is 0 Å². The van der Waals surface area contributed by atoms with Crippen molar-refractivity contribution in [3.8, 4) is 11.3 Å². The van der Waals surface area contributed by atoms with Gasteiger partial charge in [0.05, 0.1) is 16.9 Å². The molecule has 0 spiro atoms. The smallest absolute Gasteiger partial charge is 0.257 e. The van der Waals surface area contributed by atoms with E-state index in [0.29, 0.717) is 16.3 Å². The van der Waals surface area contributed by atoms with Crippen LogP contribution in [-0.4, -0.2) is 10.9 Å². The molecule has 0 aliphatic rings. The largest absolute Gasteiger partial charge is 0.319 e. The molecule has 0 radical (unpaired) electrons. The maximum Gasteiger partial charge on any atom is 0.257 e.